The molecule has 2 amide bonds. The highest BCUT2D eigenvalue weighted by Gasteiger charge is 2.39. The Balaban J connectivity index is 1.87. The van der Waals surface area contributed by atoms with Crippen LogP contribution in [-0.4, -0.2) is 27.8 Å². The molecule has 1 aliphatic rings. The molecule has 1 aromatic heterocycles. The molecule has 1 aliphatic heterocycles. The molecule has 0 bridgehead atoms. The zero-order valence-electron chi connectivity index (χ0n) is 9.40. The van der Waals surface area contributed by atoms with E-state index in [0.29, 0.717) is 5.06 Å². The van der Waals surface area contributed by atoms with Gasteiger partial charge in [-0.05, 0) is 12.1 Å². The van der Waals surface area contributed by atoms with E-state index in [2.05, 4.69) is 4.98 Å². The molecule has 1 aromatic carbocycles. The summed E-state index contributed by atoms with van der Waals surface area (Å²) in [6.07, 6.45) is 1.43. The number of thiazole rings is 1. The van der Waals surface area contributed by atoms with E-state index in [-0.39, 0.29) is 16.1 Å². The Morgan fingerprint density at radius 3 is 2.32 bits per heavy atom. The molecule has 0 saturated heterocycles. The van der Waals surface area contributed by atoms with Gasteiger partial charge in [0, 0.05) is 11.6 Å². The van der Waals surface area contributed by atoms with Crippen molar-refractivity contribution in [3.8, 4) is 0 Å². The van der Waals surface area contributed by atoms with Crippen LogP contribution in [0, 0.1) is 0 Å². The van der Waals surface area contributed by atoms with Crippen molar-refractivity contribution in [1.82, 2.24) is 10.0 Å². The number of hydrogen-bond acceptors (Lipinski definition) is 6. The first-order chi connectivity index (χ1) is 9.18. The number of nitrogens with zero attached hydrogens (tertiary/aromatic N) is 2. The van der Waals surface area contributed by atoms with Gasteiger partial charge in [0.1, 0.15) is 0 Å². The molecule has 0 fully saturated rings. The van der Waals surface area contributed by atoms with Crippen molar-refractivity contribution in [3.63, 3.8) is 0 Å². The Bertz CT molecular complexity index is 646. The Morgan fingerprint density at radius 1 is 1.16 bits per heavy atom. The molecule has 19 heavy (non-hydrogen) atoms. The number of hydroxylamine groups is 2. The Hall–Kier alpha value is -2.54. The molecule has 3 rings (SSSR count). The van der Waals surface area contributed by atoms with Gasteiger partial charge in [-0.25, -0.2) is 9.78 Å². The van der Waals surface area contributed by atoms with Gasteiger partial charge in [-0.2, -0.15) is 0 Å². The Labute approximate surface area is 111 Å². The largest absolute Gasteiger partial charge is 0.392 e. The van der Waals surface area contributed by atoms with Gasteiger partial charge in [0.15, 0.2) is 0 Å². The van der Waals surface area contributed by atoms with Crippen LogP contribution >= 0.6 is 11.3 Å². The fourth-order valence-corrected chi connectivity index (χ4v) is 2.20. The van der Waals surface area contributed by atoms with Crippen LogP contribution in [0.3, 0.4) is 0 Å². The Kier molecular flexibility index (Phi) is 2.60. The SMILES string of the molecule is O=C(ON1C(=O)c2ccccc2C1=O)c1nccs1. The summed E-state index contributed by atoms with van der Waals surface area (Å²) in [4.78, 5) is 44.1. The second-order valence-corrected chi connectivity index (χ2v) is 4.56. The van der Waals surface area contributed by atoms with Gasteiger partial charge in [-0.3, -0.25) is 9.59 Å². The molecule has 0 N–H and O–H groups in total. The second kappa shape index (κ2) is 4.29. The van der Waals surface area contributed by atoms with Crippen molar-refractivity contribution >= 4 is 29.1 Å². The van der Waals surface area contributed by atoms with Crippen molar-refractivity contribution in [2.45, 2.75) is 0 Å². The number of rotatable bonds is 2. The van der Waals surface area contributed by atoms with Crippen LogP contribution in [0.1, 0.15) is 30.5 Å². The fraction of sp³-hybridized carbons (Fsp3) is 0. The third-order valence-electron chi connectivity index (χ3n) is 2.54. The molecule has 6 nitrogen and oxygen atoms in total. The minimum atomic E-state index is -0.829. The first kappa shape index (κ1) is 11.5. The number of carbonyl (C=O) groups excluding carboxylic acids is 3. The minimum absolute atomic E-state index is 0.0801. The van der Waals surface area contributed by atoms with Crippen LogP contribution in [-0.2, 0) is 4.84 Å². The van der Waals surface area contributed by atoms with E-state index in [1.54, 1.807) is 17.5 Å². The van der Waals surface area contributed by atoms with Gasteiger partial charge >= 0.3 is 5.97 Å². The van der Waals surface area contributed by atoms with Crippen LogP contribution in [0.4, 0.5) is 0 Å². The fourth-order valence-electron chi connectivity index (χ4n) is 1.70. The molecule has 94 valence electrons. The maximum Gasteiger partial charge on any atom is 0.392 e. The lowest BCUT2D eigenvalue weighted by molar-refractivity contribution is -0.0584. The van der Waals surface area contributed by atoms with Crippen molar-refractivity contribution in [2.24, 2.45) is 0 Å². The zero-order valence-corrected chi connectivity index (χ0v) is 10.2. The van der Waals surface area contributed by atoms with Crippen LogP contribution in [0.15, 0.2) is 35.8 Å². The maximum atomic E-state index is 11.9. The molecule has 2 aromatic rings. The predicted molar refractivity (Wildman–Crippen MR) is 64.5 cm³/mol. The van der Waals surface area contributed by atoms with Crippen molar-refractivity contribution in [2.75, 3.05) is 0 Å². The number of fused-ring (bicyclic) bond motifs is 1. The third kappa shape index (κ3) is 1.80. The second-order valence-electron chi connectivity index (χ2n) is 3.67. The molecule has 0 atom stereocenters. The summed E-state index contributed by atoms with van der Waals surface area (Å²) in [7, 11) is 0. The summed E-state index contributed by atoms with van der Waals surface area (Å²) >= 11 is 1.07. The lowest BCUT2D eigenvalue weighted by atomic mass is 10.1. The van der Waals surface area contributed by atoms with E-state index in [1.165, 1.54) is 18.3 Å². The third-order valence-corrected chi connectivity index (χ3v) is 3.29. The van der Waals surface area contributed by atoms with Gasteiger partial charge in [0.2, 0.25) is 5.01 Å². The summed E-state index contributed by atoms with van der Waals surface area (Å²) in [5.74, 6) is -2.12. The summed E-state index contributed by atoms with van der Waals surface area (Å²) in [6.45, 7) is 0. The molecular weight excluding hydrogens is 268 g/mol. The van der Waals surface area contributed by atoms with Gasteiger partial charge in [-0.1, -0.05) is 17.2 Å². The van der Waals surface area contributed by atoms with Gasteiger partial charge < -0.3 is 4.84 Å². The van der Waals surface area contributed by atoms with E-state index < -0.39 is 17.8 Å². The Morgan fingerprint density at radius 2 is 1.79 bits per heavy atom. The molecule has 0 aliphatic carbocycles. The summed E-state index contributed by atoms with van der Waals surface area (Å²) in [5, 5.41) is 2.14. The predicted octanol–water partition coefficient (Wildman–Crippen LogP) is 1.51. The quantitative estimate of drug-likeness (QED) is 0.776. The van der Waals surface area contributed by atoms with Crippen molar-refractivity contribution in [1.29, 1.82) is 0 Å². The molecule has 2 heterocycles. The van der Waals surface area contributed by atoms with E-state index in [0.717, 1.165) is 11.3 Å². The average molecular weight is 274 g/mol. The number of imide groups is 1. The van der Waals surface area contributed by atoms with E-state index >= 15 is 0 Å². The highest BCUT2D eigenvalue weighted by molar-refractivity contribution is 7.11. The molecule has 0 unspecified atom stereocenters. The maximum absolute atomic E-state index is 11.9. The summed E-state index contributed by atoms with van der Waals surface area (Å²) in [6, 6.07) is 6.28. The van der Waals surface area contributed by atoms with Crippen LogP contribution < -0.4 is 0 Å². The molecule has 0 spiro atoms. The lowest BCUT2D eigenvalue weighted by Gasteiger charge is -2.11. The van der Waals surface area contributed by atoms with Crippen LogP contribution in [0.25, 0.3) is 0 Å². The number of carbonyl (C=O) groups is 3. The minimum Gasteiger partial charge on any atom is -0.322 e. The summed E-state index contributed by atoms with van der Waals surface area (Å²) in [5.41, 5.74) is 0.443. The van der Waals surface area contributed by atoms with E-state index in [1.807, 2.05) is 0 Å². The first-order valence-corrected chi connectivity index (χ1v) is 6.16. The lowest BCUT2D eigenvalue weighted by Crippen LogP contribution is -2.32. The number of hydrogen-bond donors (Lipinski definition) is 0. The number of amides is 2. The number of benzene rings is 1. The highest BCUT2D eigenvalue weighted by atomic mass is 32.1. The zero-order chi connectivity index (χ0) is 13.4. The highest BCUT2D eigenvalue weighted by Crippen LogP contribution is 2.23. The molecule has 7 heteroatoms. The van der Waals surface area contributed by atoms with Crippen LogP contribution in [0.5, 0.6) is 0 Å². The normalized spacial score (nSPS) is 13.6. The number of aromatic nitrogens is 1. The van der Waals surface area contributed by atoms with Gasteiger partial charge in [0.25, 0.3) is 11.8 Å². The molecular formula is C12H6N2O4S. The topological polar surface area (TPSA) is 76.6 Å². The first-order valence-electron chi connectivity index (χ1n) is 5.28. The monoisotopic (exact) mass is 274 g/mol. The molecule has 0 saturated carbocycles. The smallest absolute Gasteiger partial charge is 0.322 e. The molecule has 0 radical (unpaired) electrons. The van der Waals surface area contributed by atoms with Crippen molar-refractivity contribution < 1.29 is 19.2 Å². The van der Waals surface area contributed by atoms with Gasteiger partial charge in [-0.15, -0.1) is 11.3 Å². The van der Waals surface area contributed by atoms with E-state index in [4.69, 9.17) is 4.84 Å². The van der Waals surface area contributed by atoms with E-state index in [9.17, 15) is 14.4 Å². The van der Waals surface area contributed by atoms with Crippen LogP contribution in [0.2, 0.25) is 0 Å². The summed E-state index contributed by atoms with van der Waals surface area (Å²) < 4.78 is 0. The standard InChI is InChI=1S/C12H6N2O4S/c15-10-7-3-1-2-4-8(7)11(16)14(10)18-12(17)9-13-5-6-19-9/h1-6H. The van der Waals surface area contributed by atoms with Gasteiger partial charge in [0.05, 0.1) is 11.1 Å². The van der Waals surface area contributed by atoms with Crippen molar-refractivity contribution in [3.05, 3.63) is 52.0 Å². The average Bonchev–Trinajstić information content (AvgIpc) is 3.03.